The molecule has 1 aromatic heterocycles. The van der Waals surface area contributed by atoms with E-state index in [1.807, 2.05) is 48.5 Å². The minimum absolute atomic E-state index is 0.0706. The van der Waals surface area contributed by atoms with Crippen molar-refractivity contribution in [3.05, 3.63) is 65.3 Å². The van der Waals surface area contributed by atoms with Crippen LogP contribution in [0.15, 0.2) is 59.1 Å². The van der Waals surface area contributed by atoms with Crippen molar-refractivity contribution in [1.82, 2.24) is 10.3 Å². The number of benzene rings is 2. The molecule has 4 rings (SSSR count). The van der Waals surface area contributed by atoms with Gasteiger partial charge in [-0.1, -0.05) is 36.6 Å². The van der Waals surface area contributed by atoms with Crippen LogP contribution in [0.5, 0.6) is 0 Å². The molecule has 132 valence electrons. The molecular weight excluding hydrogens is 348 g/mol. The Morgan fingerprint density at radius 2 is 1.81 bits per heavy atom. The maximum atomic E-state index is 12.7. The largest absolute Gasteiger partial charge is 0.436 e. The van der Waals surface area contributed by atoms with Crippen molar-refractivity contribution in [1.29, 1.82) is 0 Å². The third-order valence-electron chi connectivity index (χ3n) is 4.73. The van der Waals surface area contributed by atoms with Crippen molar-refractivity contribution in [2.75, 3.05) is 0 Å². The standard InChI is InChI=1S/C21H19ClN2O2/c22-15-11-9-14(10-12-15)19-13-23-21(26-19)18-8-4-3-7-17(18)20(25)24-16-5-1-2-6-16/h3-4,7-13,16H,1-2,5-6H2,(H,24,25). The fourth-order valence-corrected chi connectivity index (χ4v) is 3.47. The van der Waals surface area contributed by atoms with Crippen molar-refractivity contribution in [3.63, 3.8) is 0 Å². The van der Waals surface area contributed by atoms with Crippen LogP contribution in [-0.2, 0) is 0 Å². The fourth-order valence-electron chi connectivity index (χ4n) is 3.35. The zero-order valence-electron chi connectivity index (χ0n) is 14.2. The van der Waals surface area contributed by atoms with E-state index in [9.17, 15) is 4.79 Å². The third kappa shape index (κ3) is 3.51. The van der Waals surface area contributed by atoms with Gasteiger partial charge in [-0.3, -0.25) is 4.79 Å². The summed E-state index contributed by atoms with van der Waals surface area (Å²) in [7, 11) is 0. The molecule has 0 radical (unpaired) electrons. The van der Waals surface area contributed by atoms with Crippen molar-refractivity contribution in [2.24, 2.45) is 0 Å². The van der Waals surface area contributed by atoms with Crippen LogP contribution in [0.2, 0.25) is 5.02 Å². The molecule has 2 aromatic carbocycles. The highest BCUT2D eigenvalue weighted by atomic mass is 35.5. The quantitative estimate of drug-likeness (QED) is 0.678. The Morgan fingerprint density at radius 1 is 1.08 bits per heavy atom. The van der Waals surface area contributed by atoms with E-state index in [0.717, 1.165) is 18.4 Å². The highest BCUT2D eigenvalue weighted by molar-refractivity contribution is 6.30. The molecule has 4 nitrogen and oxygen atoms in total. The van der Waals surface area contributed by atoms with Gasteiger partial charge in [-0.15, -0.1) is 0 Å². The summed E-state index contributed by atoms with van der Waals surface area (Å²) in [6.07, 6.45) is 6.12. The predicted octanol–water partition coefficient (Wildman–Crippen LogP) is 5.33. The summed E-state index contributed by atoms with van der Waals surface area (Å²) in [6, 6.07) is 15.1. The zero-order valence-corrected chi connectivity index (χ0v) is 15.0. The predicted molar refractivity (Wildman–Crippen MR) is 102 cm³/mol. The average molecular weight is 367 g/mol. The maximum Gasteiger partial charge on any atom is 0.252 e. The molecule has 3 aromatic rings. The first kappa shape index (κ1) is 16.9. The van der Waals surface area contributed by atoms with Crippen LogP contribution in [0.1, 0.15) is 36.0 Å². The topological polar surface area (TPSA) is 55.1 Å². The van der Waals surface area contributed by atoms with Crippen molar-refractivity contribution in [3.8, 4) is 22.8 Å². The first-order chi connectivity index (χ1) is 12.7. The molecule has 1 saturated carbocycles. The van der Waals surface area contributed by atoms with Crippen LogP contribution in [0.25, 0.3) is 22.8 Å². The van der Waals surface area contributed by atoms with E-state index in [4.69, 9.17) is 16.0 Å². The summed E-state index contributed by atoms with van der Waals surface area (Å²) in [6.45, 7) is 0. The van der Waals surface area contributed by atoms with Crippen LogP contribution in [0, 0.1) is 0 Å². The number of rotatable bonds is 4. The number of hydrogen-bond acceptors (Lipinski definition) is 3. The maximum absolute atomic E-state index is 12.7. The van der Waals surface area contributed by atoms with Gasteiger partial charge in [0, 0.05) is 22.2 Å². The van der Waals surface area contributed by atoms with E-state index in [0.29, 0.717) is 27.8 Å². The molecule has 0 bridgehead atoms. The number of halogens is 1. The van der Waals surface area contributed by atoms with Crippen LogP contribution in [0.3, 0.4) is 0 Å². The highest BCUT2D eigenvalue weighted by Gasteiger charge is 2.21. The van der Waals surface area contributed by atoms with Crippen molar-refractivity contribution >= 4 is 17.5 Å². The molecule has 1 N–H and O–H groups in total. The molecule has 26 heavy (non-hydrogen) atoms. The Bertz CT molecular complexity index is 912. The van der Waals surface area contributed by atoms with Crippen LogP contribution < -0.4 is 5.32 Å². The number of nitrogens with zero attached hydrogens (tertiary/aromatic N) is 1. The van der Waals surface area contributed by atoms with Crippen molar-refractivity contribution < 1.29 is 9.21 Å². The zero-order chi connectivity index (χ0) is 17.9. The molecule has 0 saturated heterocycles. The SMILES string of the molecule is O=C(NC1CCCC1)c1ccccc1-c1ncc(-c2ccc(Cl)cc2)o1. The summed E-state index contributed by atoms with van der Waals surface area (Å²) in [5.74, 6) is 1.01. The third-order valence-corrected chi connectivity index (χ3v) is 4.98. The normalized spacial score (nSPS) is 14.5. The van der Waals surface area contributed by atoms with Crippen LogP contribution in [0.4, 0.5) is 0 Å². The smallest absolute Gasteiger partial charge is 0.252 e. The van der Waals surface area contributed by atoms with Gasteiger partial charge in [0.25, 0.3) is 5.91 Å². The number of oxazole rings is 1. The first-order valence-electron chi connectivity index (χ1n) is 8.83. The van der Waals surface area contributed by atoms with Gasteiger partial charge in [0.2, 0.25) is 5.89 Å². The Hall–Kier alpha value is -2.59. The van der Waals surface area contributed by atoms with Gasteiger partial charge in [-0.05, 0) is 49.2 Å². The second-order valence-electron chi connectivity index (χ2n) is 6.54. The molecule has 5 heteroatoms. The van der Waals surface area contributed by atoms with Crippen LogP contribution in [-0.4, -0.2) is 16.9 Å². The summed E-state index contributed by atoms with van der Waals surface area (Å²) in [5, 5.41) is 3.80. The van der Waals surface area contributed by atoms with E-state index >= 15 is 0 Å². The van der Waals surface area contributed by atoms with E-state index in [-0.39, 0.29) is 11.9 Å². The second kappa shape index (κ2) is 7.34. The number of hydrogen-bond donors (Lipinski definition) is 1. The summed E-state index contributed by atoms with van der Waals surface area (Å²) < 4.78 is 5.92. The summed E-state index contributed by atoms with van der Waals surface area (Å²) in [5.41, 5.74) is 2.17. The highest BCUT2D eigenvalue weighted by Crippen LogP contribution is 2.29. The molecule has 1 aliphatic carbocycles. The molecule has 0 unspecified atom stereocenters. The van der Waals surface area contributed by atoms with E-state index < -0.39 is 0 Å². The lowest BCUT2D eigenvalue weighted by Crippen LogP contribution is -2.32. The Labute approximate surface area is 157 Å². The second-order valence-corrected chi connectivity index (χ2v) is 6.97. The minimum atomic E-state index is -0.0706. The number of nitrogens with one attached hydrogen (secondary N) is 1. The number of aromatic nitrogens is 1. The number of carbonyl (C=O) groups is 1. The number of amides is 1. The monoisotopic (exact) mass is 366 g/mol. The lowest BCUT2D eigenvalue weighted by atomic mass is 10.1. The number of carbonyl (C=O) groups excluding carboxylic acids is 1. The van der Waals surface area contributed by atoms with Gasteiger partial charge < -0.3 is 9.73 Å². The Kier molecular flexibility index (Phi) is 4.76. The van der Waals surface area contributed by atoms with Gasteiger partial charge >= 0.3 is 0 Å². The average Bonchev–Trinajstić information content (AvgIpc) is 3.34. The van der Waals surface area contributed by atoms with Gasteiger partial charge in [0.05, 0.1) is 11.8 Å². The van der Waals surface area contributed by atoms with Gasteiger partial charge in [0.15, 0.2) is 5.76 Å². The lowest BCUT2D eigenvalue weighted by molar-refractivity contribution is 0.0938. The first-order valence-corrected chi connectivity index (χ1v) is 9.20. The Morgan fingerprint density at radius 3 is 2.58 bits per heavy atom. The van der Waals surface area contributed by atoms with Gasteiger partial charge in [0.1, 0.15) is 0 Å². The van der Waals surface area contributed by atoms with Crippen molar-refractivity contribution in [2.45, 2.75) is 31.7 Å². The minimum Gasteiger partial charge on any atom is -0.436 e. The fraction of sp³-hybridized carbons (Fsp3) is 0.238. The van der Waals surface area contributed by atoms with Gasteiger partial charge in [-0.25, -0.2) is 4.98 Å². The van der Waals surface area contributed by atoms with Gasteiger partial charge in [-0.2, -0.15) is 0 Å². The lowest BCUT2D eigenvalue weighted by Gasteiger charge is -2.13. The molecule has 1 aliphatic rings. The van der Waals surface area contributed by atoms with E-state index in [1.54, 1.807) is 6.20 Å². The molecule has 1 heterocycles. The van der Waals surface area contributed by atoms with Crippen LogP contribution >= 0.6 is 11.6 Å². The van der Waals surface area contributed by atoms with E-state index in [2.05, 4.69) is 10.3 Å². The molecule has 0 aliphatic heterocycles. The van der Waals surface area contributed by atoms with E-state index in [1.165, 1.54) is 12.8 Å². The molecule has 1 fully saturated rings. The molecular formula is C21H19ClN2O2. The summed E-state index contributed by atoms with van der Waals surface area (Å²) >= 11 is 5.93. The molecule has 1 amide bonds. The Balaban J connectivity index is 1.62. The summed E-state index contributed by atoms with van der Waals surface area (Å²) in [4.78, 5) is 17.1. The molecule has 0 atom stereocenters. The molecule has 0 spiro atoms.